The van der Waals surface area contributed by atoms with Crippen LogP contribution in [0.4, 0.5) is 4.79 Å². The summed E-state index contributed by atoms with van der Waals surface area (Å²) in [6.45, 7) is 4.27. The molecule has 0 unspecified atom stereocenters. The zero-order chi connectivity index (χ0) is 22.3. The van der Waals surface area contributed by atoms with E-state index >= 15 is 0 Å². The zero-order valence-electron chi connectivity index (χ0n) is 17.2. The lowest BCUT2D eigenvalue weighted by atomic mass is 9.95. The molecule has 0 saturated carbocycles. The molecule has 3 N–H and O–H groups in total. The lowest BCUT2D eigenvalue weighted by molar-refractivity contribution is -0.156. The predicted octanol–water partition coefficient (Wildman–Crippen LogP) is 0.880. The molecule has 162 valence electrons. The Kier molecular flexibility index (Phi) is 7.51. The van der Waals surface area contributed by atoms with Crippen LogP contribution in [-0.2, 0) is 19.1 Å². The van der Waals surface area contributed by atoms with Crippen molar-refractivity contribution in [2.24, 2.45) is 0 Å². The molecule has 2 atom stereocenters. The Balaban J connectivity index is 1.83. The van der Waals surface area contributed by atoms with E-state index < -0.39 is 47.9 Å². The van der Waals surface area contributed by atoms with E-state index in [9.17, 15) is 24.0 Å². The number of benzene rings is 1. The maximum absolute atomic E-state index is 12.5. The third kappa shape index (κ3) is 5.56. The van der Waals surface area contributed by atoms with Crippen molar-refractivity contribution in [2.75, 3.05) is 6.54 Å². The van der Waals surface area contributed by atoms with E-state index in [0.29, 0.717) is 12.0 Å². The highest BCUT2D eigenvalue weighted by atomic mass is 16.5. The van der Waals surface area contributed by atoms with Crippen molar-refractivity contribution in [1.29, 1.82) is 0 Å². The Bertz CT molecular complexity index is 828. The molecule has 0 bridgehead atoms. The van der Waals surface area contributed by atoms with Crippen molar-refractivity contribution in [2.45, 2.75) is 51.7 Å². The van der Waals surface area contributed by atoms with Crippen LogP contribution in [-0.4, -0.2) is 52.8 Å². The Morgan fingerprint density at radius 2 is 1.83 bits per heavy atom. The Morgan fingerprint density at radius 3 is 2.47 bits per heavy atom. The van der Waals surface area contributed by atoms with E-state index in [2.05, 4.69) is 16.2 Å². The number of esters is 1. The minimum atomic E-state index is -1.25. The number of ether oxygens (including phenoxy) is 1. The maximum atomic E-state index is 12.5. The second-order valence-corrected chi connectivity index (χ2v) is 7.20. The highest BCUT2D eigenvalue weighted by Gasteiger charge is 2.48. The molecule has 5 amide bonds. The van der Waals surface area contributed by atoms with E-state index in [0.717, 1.165) is 17.7 Å². The highest BCUT2D eigenvalue weighted by molar-refractivity contribution is 6.08. The van der Waals surface area contributed by atoms with Crippen molar-refractivity contribution >= 4 is 29.7 Å². The van der Waals surface area contributed by atoms with E-state index in [4.69, 9.17) is 4.74 Å². The fraction of sp³-hybridized carbons (Fsp3) is 0.450. The molecule has 0 aliphatic carbocycles. The SMILES string of the molecule is CCCC[C@]1(C)NC(=O)N(CC(=O)O[C@@H](C)C(=O)NNC(=O)c2ccccc2)C1=O. The molecule has 1 aromatic carbocycles. The normalized spacial score (nSPS) is 19.1. The van der Waals surface area contributed by atoms with Gasteiger partial charge >= 0.3 is 12.0 Å². The Morgan fingerprint density at radius 1 is 1.17 bits per heavy atom. The maximum Gasteiger partial charge on any atom is 0.327 e. The summed E-state index contributed by atoms with van der Waals surface area (Å²) in [5.41, 5.74) is 3.65. The number of rotatable bonds is 8. The van der Waals surface area contributed by atoms with Gasteiger partial charge in [-0.3, -0.25) is 34.9 Å². The largest absolute Gasteiger partial charge is 0.451 e. The van der Waals surface area contributed by atoms with Crippen LogP contribution in [0.2, 0.25) is 0 Å². The predicted molar refractivity (Wildman–Crippen MR) is 106 cm³/mol. The monoisotopic (exact) mass is 418 g/mol. The third-order valence-electron chi connectivity index (χ3n) is 4.68. The summed E-state index contributed by atoms with van der Waals surface area (Å²) in [6.07, 6.45) is 0.807. The third-order valence-corrected chi connectivity index (χ3v) is 4.68. The van der Waals surface area contributed by atoms with Gasteiger partial charge in [0, 0.05) is 5.56 Å². The first kappa shape index (κ1) is 22.9. The standard InChI is InChI=1S/C20H26N4O6/c1-4-5-11-20(3)18(28)24(19(29)21-20)12-15(25)30-13(2)16(26)22-23-17(27)14-9-7-6-8-10-14/h6-10,13H,4-5,11-12H2,1-3H3,(H,21,29)(H,22,26)(H,23,27)/t13-,20-/m0/s1. The molecule has 2 rings (SSSR count). The van der Waals surface area contributed by atoms with Crippen LogP contribution >= 0.6 is 0 Å². The Hall–Kier alpha value is -3.43. The van der Waals surface area contributed by atoms with Crippen LogP contribution < -0.4 is 16.2 Å². The molecule has 1 aromatic rings. The van der Waals surface area contributed by atoms with E-state index in [1.165, 1.54) is 6.92 Å². The fourth-order valence-corrected chi connectivity index (χ4v) is 2.89. The lowest BCUT2D eigenvalue weighted by Gasteiger charge is -2.21. The highest BCUT2D eigenvalue weighted by Crippen LogP contribution is 2.23. The first-order valence-electron chi connectivity index (χ1n) is 9.66. The topological polar surface area (TPSA) is 134 Å². The van der Waals surface area contributed by atoms with Crippen LogP contribution in [0.1, 0.15) is 50.4 Å². The van der Waals surface area contributed by atoms with Gasteiger partial charge < -0.3 is 10.1 Å². The van der Waals surface area contributed by atoms with Gasteiger partial charge in [-0.2, -0.15) is 0 Å². The van der Waals surface area contributed by atoms with Crippen LogP contribution in [0.5, 0.6) is 0 Å². The minimum absolute atomic E-state index is 0.340. The van der Waals surface area contributed by atoms with Crippen molar-refractivity contribution in [3.63, 3.8) is 0 Å². The summed E-state index contributed by atoms with van der Waals surface area (Å²) in [6, 6.07) is 7.54. The van der Waals surface area contributed by atoms with Crippen molar-refractivity contribution in [3.05, 3.63) is 35.9 Å². The number of carbonyl (C=O) groups is 5. The number of hydrogen-bond acceptors (Lipinski definition) is 6. The summed E-state index contributed by atoms with van der Waals surface area (Å²) in [4.78, 5) is 61.5. The van der Waals surface area contributed by atoms with Gasteiger partial charge in [0.15, 0.2) is 6.10 Å². The van der Waals surface area contributed by atoms with Crippen molar-refractivity contribution < 1.29 is 28.7 Å². The summed E-state index contributed by atoms with van der Waals surface area (Å²) < 4.78 is 4.98. The van der Waals surface area contributed by atoms with Gasteiger partial charge in [0.2, 0.25) is 0 Å². The molecule has 10 heteroatoms. The number of urea groups is 1. The molecular formula is C20H26N4O6. The van der Waals surface area contributed by atoms with E-state index in [1.54, 1.807) is 37.3 Å². The number of nitrogens with zero attached hydrogens (tertiary/aromatic N) is 1. The smallest absolute Gasteiger partial charge is 0.327 e. The molecule has 0 radical (unpaired) electrons. The number of hydrazine groups is 1. The zero-order valence-corrected chi connectivity index (χ0v) is 17.2. The molecule has 1 aliphatic heterocycles. The average Bonchev–Trinajstić information content (AvgIpc) is 2.94. The van der Waals surface area contributed by atoms with Gasteiger partial charge in [0.1, 0.15) is 12.1 Å². The molecular weight excluding hydrogens is 392 g/mol. The van der Waals surface area contributed by atoms with Crippen molar-refractivity contribution in [3.8, 4) is 0 Å². The van der Waals surface area contributed by atoms with Gasteiger partial charge in [-0.15, -0.1) is 0 Å². The van der Waals surface area contributed by atoms with Gasteiger partial charge in [-0.25, -0.2) is 4.79 Å². The number of carbonyl (C=O) groups excluding carboxylic acids is 5. The molecule has 1 heterocycles. The van der Waals surface area contributed by atoms with E-state index in [-0.39, 0.29) is 0 Å². The fourth-order valence-electron chi connectivity index (χ4n) is 2.89. The molecule has 30 heavy (non-hydrogen) atoms. The number of amides is 5. The first-order chi connectivity index (χ1) is 14.2. The lowest BCUT2D eigenvalue weighted by Crippen LogP contribution is -2.47. The first-order valence-corrected chi connectivity index (χ1v) is 9.66. The van der Waals surface area contributed by atoms with E-state index in [1.807, 2.05) is 6.92 Å². The molecule has 0 spiro atoms. The summed E-state index contributed by atoms with van der Waals surface area (Å²) in [5.74, 6) is -2.73. The van der Waals surface area contributed by atoms with Gasteiger partial charge in [-0.1, -0.05) is 38.0 Å². The number of hydrogen-bond donors (Lipinski definition) is 3. The van der Waals surface area contributed by atoms with Crippen molar-refractivity contribution in [1.82, 2.24) is 21.1 Å². The Labute approximate surface area is 174 Å². The minimum Gasteiger partial charge on any atom is -0.451 e. The average molecular weight is 418 g/mol. The quantitative estimate of drug-likeness (QED) is 0.326. The molecule has 1 aliphatic rings. The second-order valence-electron chi connectivity index (χ2n) is 7.20. The van der Waals surface area contributed by atoms with Crippen LogP contribution in [0.3, 0.4) is 0 Å². The van der Waals surface area contributed by atoms with Gasteiger partial charge in [0.25, 0.3) is 17.7 Å². The molecule has 10 nitrogen and oxygen atoms in total. The molecule has 1 fully saturated rings. The summed E-state index contributed by atoms with van der Waals surface area (Å²) >= 11 is 0. The second kappa shape index (κ2) is 9.86. The molecule has 1 saturated heterocycles. The number of imide groups is 1. The van der Waals surface area contributed by atoms with Gasteiger partial charge in [-0.05, 0) is 32.4 Å². The summed E-state index contributed by atoms with van der Waals surface area (Å²) in [5, 5.41) is 2.60. The van der Waals surface area contributed by atoms with Crippen LogP contribution in [0.15, 0.2) is 30.3 Å². The number of unbranched alkanes of at least 4 members (excludes halogenated alkanes) is 1. The molecule has 0 aromatic heterocycles. The number of nitrogens with one attached hydrogen (secondary N) is 3. The van der Waals surface area contributed by atoms with Crippen LogP contribution in [0, 0.1) is 0 Å². The van der Waals surface area contributed by atoms with Gasteiger partial charge in [0.05, 0.1) is 0 Å². The summed E-state index contributed by atoms with van der Waals surface area (Å²) in [7, 11) is 0. The van der Waals surface area contributed by atoms with Crippen LogP contribution in [0.25, 0.3) is 0 Å².